The Morgan fingerprint density at radius 3 is 2.43 bits per heavy atom. The van der Waals surface area contributed by atoms with Gasteiger partial charge in [0.25, 0.3) is 6.43 Å². The van der Waals surface area contributed by atoms with Crippen LogP contribution in [0.15, 0.2) is 36.4 Å². The molecule has 0 fully saturated rings. The van der Waals surface area contributed by atoms with E-state index in [1.54, 1.807) is 0 Å². The van der Waals surface area contributed by atoms with Crippen molar-refractivity contribution in [2.75, 3.05) is 6.61 Å². The lowest BCUT2D eigenvalue weighted by Crippen LogP contribution is -2.26. The molecule has 0 aromatic heterocycles. The lowest BCUT2D eigenvalue weighted by atomic mass is 10.0. The first-order chi connectivity index (χ1) is 9.99. The molecule has 0 saturated heterocycles. The largest absolute Gasteiger partial charge is 0.487 e. The normalized spacial score (nSPS) is 13.1. The molecule has 2 nitrogen and oxygen atoms in total. The highest BCUT2D eigenvalue weighted by molar-refractivity contribution is 5.89. The summed E-state index contributed by atoms with van der Waals surface area (Å²) in [6.45, 7) is 5.53. The minimum absolute atomic E-state index is 0.0299. The van der Waals surface area contributed by atoms with Crippen molar-refractivity contribution < 1.29 is 13.5 Å². The number of halogens is 2. The molecule has 114 valence electrons. The first-order valence-corrected chi connectivity index (χ1v) is 7.17. The van der Waals surface area contributed by atoms with E-state index in [0.717, 1.165) is 16.3 Å². The topological polar surface area (TPSA) is 21.3 Å². The zero-order valence-electron chi connectivity index (χ0n) is 12.6. The lowest BCUT2D eigenvalue weighted by Gasteiger charge is -2.22. The monoisotopic (exact) mass is 293 g/mol. The van der Waals surface area contributed by atoms with Crippen LogP contribution in [0.4, 0.5) is 8.78 Å². The van der Waals surface area contributed by atoms with Crippen molar-refractivity contribution in [1.29, 1.82) is 0 Å². The predicted octanol–water partition coefficient (Wildman–Crippen LogP) is 4.54. The lowest BCUT2D eigenvalue weighted by molar-refractivity contribution is 0.0819. The Hall–Kier alpha value is -1.68. The molecule has 0 saturated carbocycles. The minimum atomic E-state index is -2.48. The van der Waals surface area contributed by atoms with E-state index in [4.69, 9.17) is 4.74 Å². The Bertz CT molecular complexity index is 598. The van der Waals surface area contributed by atoms with Crippen LogP contribution < -0.4 is 10.1 Å². The van der Waals surface area contributed by atoms with Crippen LogP contribution in [-0.4, -0.2) is 19.1 Å². The van der Waals surface area contributed by atoms with Gasteiger partial charge in [-0.1, -0.05) is 50.2 Å². The number of alkyl halides is 2. The van der Waals surface area contributed by atoms with Crippen LogP contribution in [0.1, 0.15) is 32.4 Å². The highest BCUT2D eigenvalue weighted by atomic mass is 19.3. The van der Waals surface area contributed by atoms with E-state index in [1.807, 2.05) is 43.3 Å². The average molecular weight is 293 g/mol. The zero-order chi connectivity index (χ0) is 15.4. The van der Waals surface area contributed by atoms with E-state index >= 15 is 0 Å². The third-order valence-electron chi connectivity index (χ3n) is 3.31. The Labute approximate surface area is 124 Å². The number of hydrogen-bond acceptors (Lipinski definition) is 2. The fourth-order valence-corrected chi connectivity index (χ4v) is 2.50. The standard InChI is InChI=1S/C17H21F2NO/c1-11(2)20-12(3)14-9-8-13-6-4-5-7-15(13)17(14)21-10-16(18)19/h4-9,11-12,16,20H,10H2,1-3H3. The van der Waals surface area contributed by atoms with Crippen molar-refractivity contribution in [3.8, 4) is 5.75 Å². The molecule has 0 radical (unpaired) electrons. The van der Waals surface area contributed by atoms with E-state index in [1.165, 1.54) is 0 Å². The number of fused-ring (bicyclic) bond motifs is 1. The van der Waals surface area contributed by atoms with Gasteiger partial charge in [0.05, 0.1) is 0 Å². The van der Waals surface area contributed by atoms with Crippen molar-refractivity contribution >= 4 is 10.8 Å². The molecule has 4 heteroatoms. The van der Waals surface area contributed by atoms with Gasteiger partial charge in [-0.2, -0.15) is 0 Å². The van der Waals surface area contributed by atoms with Gasteiger partial charge in [-0.3, -0.25) is 0 Å². The van der Waals surface area contributed by atoms with Crippen LogP contribution in [0.25, 0.3) is 10.8 Å². The van der Waals surface area contributed by atoms with Crippen molar-refractivity contribution in [1.82, 2.24) is 5.32 Å². The molecule has 1 atom stereocenters. The Kier molecular flexibility index (Phi) is 5.12. The van der Waals surface area contributed by atoms with E-state index < -0.39 is 13.0 Å². The van der Waals surface area contributed by atoms with Gasteiger partial charge in [0.2, 0.25) is 0 Å². The second kappa shape index (κ2) is 6.85. The molecular weight excluding hydrogens is 272 g/mol. The summed E-state index contributed by atoms with van der Waals surface area (Å²) in [5.74, 6) is 0.550. The molecule has 0 bridgehead atoms. The van der Waals surface area contributed by atoms with Gasteiger partial charge in [-0.25, -0.2) is 8.78 Å². The van der Waals surface area contributed by atoms with Crippen LogP contribution in [0.5, 0.6) is 5.75 Å². The molecule has 0 spiro atoms. The Morgan fingerprint density at radius 2 is 1.76 bits per heavy atom. The summed E-state index contributed by atoms with van der Waals surface area (Å²) in [6, 6.07) is 12.0. The average Bonchev–Trinajstić information content (AvgIpc) is 2.43. The van der Waals surface area contributed by atoms with Crippen LogP contribution in [0, 0.1) is 0 Å². The van der Waals surface area contributed by atoms with Gasteiger partial charge >= 0.3 is 0 Å². The maximum atomic E-state index is 12.5. The van der Waals surface area contributed by atoms with Crippen LogP contribution >= 0.6 is 0 Å². The predicted molar refractivity (Wildman–Crippen MR) is 82.1 cm³/mol. The van der Waals surface area contributed by atoms with Crippen molar-refractivity contribution in [3.05, 3.63) is 42.0 Å². The molecule has 21 heavy (non-hydrogen) atoms. The molecule has 0 aliphatic rings. The molecule has 0 aliphatic heterocycles. The van der Waals surface area contributed by atoms with Crippen molar-refractivity contribution in [2.24, 2.45) is 0 Å². The molecule has 1 unspecified atom stereocenters. The highest BCUT2D eigenvalue weighted by Crippen LogP contribution is 2.34. The van der Waals surface area contributed by atoms with Gasteiger partial charge in [0.1, 0.15) is 12.4 Å². The third kappa shape index (κ3) is 3.91. The molecular formula is C17H21F2NO. The minimum Gasteiger partial charge on any atom is -0.487 e. The molecule has 0 amide bonds. The second-order valence-electron chi connectivity index (χ2n) is 5.45. The quantitative estimate of drug-likeness (QED) is 0.844. The second-order valence-corrected chi connectivity index (χ2v) is 5.45. The summed E-state index contributed by atoms with van der Waals surface area (Å²) < 4.78 is 30.5. The molecule has 2 aromatic carbocycles. The number of ether oxygens (including phenoxy) is 1. The summed E-state index contributed by atoms with van der Waals surface area (Å²) in [7, 11) is 0. The molecule has 0 aliphatic carbocycles. The van der Waals surface area contributed by atoms with Crippen LogP contribution in [-0.2, 0) is 0 Å². The van der Waals surface area contributed by atoms with E-state index in [0.29, 0.717) is 11.8 Å². The Balaban J connectivity index is 2.45. The van der Waals surface area contributed by atoms with Crippen LogP contribution in [0.2, 0.25) is 0 Å². The molecule has 0 heterocycles. The maximum Gasteiger partial charge on any atom is 0.272 e. The zero-order valence-corrected chi connectivity index (χ0v) is 12.6. The van der Waals surface area contributed by atoms with E-state index in [2.05, 4.69) is 19.2 Å². The summed E-state index contributed by atoms with van der Waals surface area (Å²) in [5.41, 5.74) is 0.906. The fourth-order valence-electron chi connectivity index (χ4n) is 2.50. The molecule has 2 rings (SSSR count). The van der Waals surface area contributed by atoms with E-state index in [-0.39, 0.29) is 6.04 Å². The van der Waals surface area contributed by atoms with Gasteiger partial charge in [-0.05, 0) is 12.3 Å². The Morgan fingerprint density at radius 1 is 1.05 bits per heavy atom. The number of rotatable bonds is 6. The van der Waals surface area contributed by atoms with Gasteiger partial charge in [0, 0.05) is 23.0 Å². The van der Waals surface area contributed by atoms with Crippen molar-refractivity contribution in [3.63, 3.8) is 0 Å². The summed E-state index contributed by atoms with van der Waals surface area (Å²) in [4.78, 5) is 0. The highest BCUT2D eigenvalue weighted by Gasteiger charge is 2.16. The number of benzene rings is 2. The molecule has 2 aromatic rings. The first-order valence-electron chi connectivity index (χ1n) is 7.17. The first kappa shape index (κ1) is 15.7. The van der Waals surface area contributed by atoms with Gasteiger partial charge in [-0.15, -0.1) is 0 Å². The fraction of sp³-hybridized carbons (Fsp3) is 0.412. The van der Waals surface area contributed by atoms with E-state index in [9.17, 15) is 8.78 Å². The third-order valence-corrected chi connectivity index (χ3v) is 3.31. The van der Waals surface area contributed by atoms with Gasteiger partial charge in [0.15, 0.2) is 0 Å². The summed E-state index contributed by atoms with van der Waals surface area (Å²) in [6.07, 6.45) is -2.48. The number of nitrogens with one attached hydrogen (secondary N) is 1. The van der Waals surface area contributed by atoms with Crippen LogP contribution in [0.3, 0.4) is 0 Å². The maximum absolute atomic E-state index is 12.5. The van der Waals surface area contributed by atoms with Crippen molar-refractivity contribution in [2.45, 2.75) is 39.3 Å². The number of hydrogen-bond donors (Lipinski definition) is 1. The van der Waals surface area contributed by atoms with Gasteiger partial charge < -0.3 is 10.1 Å². The SMILES string of the molecule is CC(C)NC(C)c1ccc2ccccc2c1OCC(F)F. The molecule has 1 N–H and O–H groups in total. The summed E-state index contributed by atoms with van der Waals surface area (Å²) >= 11 is 0. The smallest absolute Gasteiger partial charge is 0.272 e. The summed E-state index contributed by atoms with van der Waals surface area (Å²) in [5, 5.41) is 5.24.